The van der Waals surface area contributed by atoms with Gasteiger partial charge in [-0.15, -0.1) is 0 Å². The highest BCUT2D eigenvalue weighted by Crippen LogP contribution is 2.42. The Balaban J connectivity index is 1.23. The van der Waals surface area contributed by atoms with E-state index >= 15 is 0 Å². The maximum atomic E-state index is 12.2. The molecule has 0 atom stereocenters. The van der Waals surface area contributed by atoms with Gasteiger partial charge in [0.15, 0.2) is 0 Å². The van der Waals surface area contributed by atoms with Gasteiger partial charge < -0.3 is 19.4 Å². The average molecular weight is 463 g/mol. The Bertz CT molecular complexity index is 876. The minimum Gasteiger partial charge on any atom is -0.444 e. The van der Waals surface area contributed by atoms with Gasteiger partial charge in [0.2, 0.25) is 0 Å². The van der Waals surface area contributed by atoms with Gasteiger partial charge in [0.1, 0.15) is 5.60 Å². The molecule has 0 aromatic heterocycles. The van der Waals surface area contributed by atoms with E-state index in [9.17, 15) is 9.59 Å². The molecule has 1 aromatic rings. The van der Waals surface area contributed by atoms with E-state index in [-0.39, 0.29) is 17.4 Å². The minimum absolute atomic E-state index is 0.0757. The Morgan fingerprint density at radius 3 is 2.25 bits per heavy atom. The van der Waals surface area contributed by atoms with Gasteiger partial charge in [-0.2, -0.15) is 0 Å². The van der Waals surface area contributed by atoms with E-state index in [4.69, 9.17) is 16.3 Å². The van der Waals surface area contributed by atoms with Gasteiger partial charge in [-0.25, -0.2) is 4.79 Å². The number of amides is 2. The first-order valence-electron chi connectivity index (χ1n) is 11.4. The van der Waals surface area contributed by atoms with Gasteiger partial charge in [-0.05, 0) is 51.8 Å². The lowest BCUT2D eigenvalue weighted by molar-refractivity contribution is -0.128. The van der Waals surface area contributed by atoms with Crippen LogP contribution >= 0.6 is 11.6 Å². The zero-order valence-electron chi connectivity index (χ0n) is 19.9. The van der Waals surface area contributed by atoms with E-state index in [1.807, 2.05) is 43.9 Å². The van der Waals surface area contributed by atoms with Crippen LogP contribution in [0.3, 0.4) is 0 Å². The SMILES string of the molecule is CN(C)C(=O)c1ccc(N2CCC(N3CC4(CN(C(=O)OC(C)(C)C)C4)C3)CC2)cc1Cl. The summed E-state index contributed by atoms with van der Waals surface area (Å²) in [6, 6.07) is 6.34. The third kappa shape index (κ3) is 4.69. The fourth-order valence-corrected chi connectivity index (χ4v) is 5.35. The largest absolute Gasteiger partial charge is 0.444 e. The Hall–Kier alpha value is -1.99. The van der Waals surface area contributed by atoms with E-state index in [2.05, 4.69) is 9.80 Å². The summed E-state index contributed by atoms with van der Waals surface area (Å²) in [6.45, 7) is 11.5. The number of piperidine rings is 1. The monoisotopic (exact) mass is 462 g/mol. The van der Waals surface area contributed by atoms with Crippen molar-refractivity contribution >= 4 is 29.3 Å². The van der Waals surface area contributed by atoms with Crippen molar-refractivity contribution in [3.8, 4) is 0 Å². The van der Waals surface area contributed by atoms with Crippen LogP contribution in [0.5, 0.6) is 0 Å². The summed E-state index contributed by atoms with van der Waals surface area (Å²) in [4.78, 5) is 32.7. The van der Waals surface area contributed by atoms with Crippen molar-refractivity contribution in [2.24, 2.45) is 5.41 Å². The normalized spacial score (nSPS) is 21.2. The zero-order chi connectivity index (χ0) is 23.3. The number of hydrogen-bond donors (Lipinski definition) is 0. The summed E-state index contributed by atoms with van der Waals surface area (Å²) in [5.74, 6) is -0.0757. The average Bonchev–Trinajstić information content (AvgIpc) is 2.64. The van der Waals surface area contributed by atoms with Crippen LogP contribution in [0.25, 0.3) is 0 Å². The lowest BCUT2D eigenvalue weighted by atomic mass is 9.72. The Morgan fingerprint density at radius 1 is 1.09 bits per heavy atom. The summed E-state index contributed by atoms with van der Waals surface area (Å²) in [7, 11) is 3.46. The van der Waals surface area contributed by atoms with E-state index in [1.165, 1.54) is 0 Å². The van der Waals surface area contributed by atoms with Gasteiger partial charge in [-0.3, -0.25) is 9.69 Å². The molecule has 8 heteroatoms. The van der Waals surface area contributed by atoms with Crippen molar-refractivity contribution in [1.29, 1.82) is 0 Å². The second-order valence-corrected chi connectivity index (χ2v) is 11.2. The van der Waals surface area contributed by atoms with Crippen LogP contribution in [0.15, 0.2) is 18.2 Å². The molecule has 0 aliphatic carbocycles. The van der Waals surface area contributed by atoms with Crippen LogP contribution in [0.2, 0.25) is 5.02 Å². The van der Waals surface area contributed by atoms with Crippen LogP contribution in [-0.4, -0.2) is 91.7 Å². The van der Waals surface area contributed by atoms with Crippen LogP contribution in [0.4, 0.5) is 10.5 Å². The van der Waals surface area contributed by atoms with Crippen LogP contribution < -0.4 is 4.90 Å². The van der Waals surface area contributed by atoms with Crippen molar-refractivity contribution < 1.29 is 14.3 Å². The molecule has 1 spiro atoms. The van der Waals surface area contributed by atoms with Crippen molar-refractivity contribution in [3.05, 3.63) is 28.8 Å². The predicted molar refractivity (Wildman–Crippen MR) is 127 cm³/mol. The molecule has 3 saturated heterocycles. The number of rotatable bonds is 3. The van der Waals surface area contributed by atoms with Gasteiger partial charge >= 0.3 is 6.09 Å². The zero-order valence-corrected chi connectivity index (χ0v) is 20.6. The Labute approximate surface area is 196 Å². The maximum absolute atomic E-state index is 12.2. The van der Waals surface area contributed by atoms with Gasteiger partial charge in [-0.1, -0.05) is 11.6 Å². The number of halogens is 1. The summed E-state index contributed by atoms with van der Waals surface area (Å²) in [5, 5.41) is 0.507. The summed E-state index contributed by atoms with van der Waals surface area (Å²) < 4.78 is 5.48. The molecular weight excluding hydrogens is 428 g/mol. The van der Waals surface area contributed by atoms with E-state index in [0.29, 0.717) is 16.6 Å². The molecule has 0 radical (unpaired) electrons. The van der Waals surface area contributed by atoms with Gasteiger partial charge in [0, 0.05) is 70.5 Å². The molecule has 3 heterocycles. The lowest BCUT2D eigenvalue weighted by Gasteiger charge is -2.62. The number of anilines is 1. The first-order chi connectivity index (χ1) is 15.0. The first kappa shape index (κ1) is 23.2. The molecule has 7 nitrogen and oxygen atoms in total. The quantitative estimate of drug-likeness (QED) is 0.687. The molecular formula is C24H35ClN4O3. The van der Waals surface area contributed by atoms with Crippen molar-refractivity contribution in [3.63, 3.8) is 0 Å². The number of carbonyl (C=O) groups excluding carboxylic acids is 2. The number of likely N-dealkylation sites (tertiary alicyclic amines) is 2. The Morgan fingerprint density at radius 2 is 1.72 bits per heavy atom. The highest BCUT2D eigenvalue weighted by Gasteiger charge is 2.55. The molecule has 0 saturated carbocycles. The fourth-order valence-electron chi connectivity index (χ4n) is 5.10. The highest BCUT2D eigenvalue weighted by molar-refractivity contribution is 6.34. The molecule has 3 fully saturated rings. The summed E-state index contributed by atoms with van der Waals surface area (Å²) >= 11 is 6.40. The molecule has 1 aromatic carbocycles. The van der Waals surface area contributed by atoms with Gasteiger partial charge in [0.25, 0.3) is 5.91 Å². The Kier molecular flexibility index (Phi) is 6.09. The molecule has 0 unspecified atom stereocenters. The standard InChI is InChI=1S/C24H35ClN4O3/c1-23(2,3)32-22(31)29-15-24(16-29)13-28(14-24)17-8-10-27(11-9-17)18-6-7-19(20(25)12-18)21(30)26(4)5/h6-7,12,17H,8-11,13-16H2,1-5H3. The molecule has 4 rings (SSSR count). The molecule has 0 N–H and O–H groups in total. The molecule has 0 bridgehead atoms. The van der Waals surface area contributed by atoms with Crippen molar-refractivity contribution in [2.75, 3.05) is 58.3 Å². The summed E-state index contributed by atoms with van der Waals surface area (Å²) in [5.41, 5.74) is 1.46. The predicted octanol–water partition coefficient (Wildman–Crippen LogP) is 3.56. The number of nitrogens with zero attached hydrogens (tertiary/aromatic N) is 4. The topological polar surface area (TPSA) is 56.3 Å². The first-order valence-corrected chi connectivity index (χ1v) is 11.8. The number of ether oxygens (including phenoxy) is 1. The van der Waals surface area contributed by atoms with Crippen molar-refractivity contribution in [1.82, 2.24) is 14.7 Å². The van der Waals surface area contributed by atoms with Crippen molar-refractivity contribution in [2.45, 2.75) is 45.3 Å². The third-order valence-electron chi connectivity index (χ3n) is 6.72. The molecule has 3 aliphatic rings. The second-order valence-electron chi connectivity index (χ2n) is 10.8. The van der Waals surface area contributed by atoms with Crippen LogP contribution in [-0.2, 0) is 4.74 Å². The fraction of sp³-hybridized carbons (Fsp3) is 0.667. The molecule has 3 aliphatic heterocycles. The summed E-state index contributed by atoms with van der Waals surface area (Å²) in [6.07, 6.45) is 2.04. The third-order valence-corrected chi connectivity index (χ3v) is 7.03. The van der Waals surface area contributed by atoms with Gasteiger partial charge in [0.05, 0.1) is 10.6 Å². The van der Waals surface area contributed by atoms with Crippen LogP contribution in [0.1, 0.15) is 44.0 Å². The molecule has 32 heavy (non-hydrogen) atoms. The minimum atomic E-state index is -0.439. The number of carbonyl (C=O) groups is 2. The smallest absolute Gasteiger partial charge is 0.410 e. The second kappa shape index (κ2) is 8.41. The maximum Gasteiger partial charge on any atom is 0.410 e. The highest BCUT2D eigenvalue weighted by atomic mass is 35.5. The van der Waals surface area contributed by atoms with E-state index in [0.717, 1.165) is 57.8 Å². The number of hydrogen-bond acceptors (Lipinski definition) is 5. The van der Waals surface area contributed by atoms with E-state index in [1.54, 1.807) is 19.0 Å². The lowest BCUT2D eigenvalue weighted by Crippen LogP contribution is -2.74. The molecule has 176 valence electrons. The number of benzene rings is 1. The van der Waals surface area contributed by atoms with Crippen LogP contribution in [0, 0.1) is 5.41 Å². The molecule has 2 amide bonds. The van der Waals surface area contributed by atoms with E-state index < -0.39 is 5.60 Å².